The Morgan fingerprint density at radius 1 is 1.30 bits per heavy atom. The summed E-state index contributed by atoms with van der Waals surface area (Å²) in [5.74, 6) is 0.843. The number of nitrogens with one attached hydrogen (secondary N) is 2. The fourth-order valence-electron chi connectivity index (χ4n) is 2.54. The van der Waals surface area contributed by atoms with Crippen LogP contribution >= 0.6 is 11.3 Å². The molecule has 1 fully saturated rings. The van der Waals surface area contributed by atoms with Gasteiger partial charge in [0.2, 0.25) is 11.8 Å². The predicted octanol–water partition coefficient (Wildman–Crippen LogP) is 3.00. The molecule has 144 valence electrons. The number of thiophene rings is 1. The van der Waals surface area contributed by atoms with E-state index >= 15 is 0 Å². The number of rotatable bonds is 9. The van der Waals surface area contributed by atoms with Crippen molar-refractivity contribution in [3.63, 3.8) is 0 Å². The lowest BCUT2D eigenvalue weighted by Gasteiger charge is -2.21. The highest BCUT2D eigenvalue weighted by Gasteiger charge is 2.25. The zero-order valence-electron chi connectivity index (χ0n) is 15.6. The van der Waals surface area contributed by atoms with Gasteiger partial charge in [-0.1, -0.05) is 26.0 Å². The van der Waals surface area contributed by atoms with Gasteiger partial charge in [0.25, 0.3) is 5.91 Å². The van der Waals surface area contributed by atoms with Crippen molar-refractivity contribution in [2.75, 3.05) is 6.61 Å². The highest BCUT2D eigenvalue weighted by atomic mass is 32.1. The first-order chi connectivity index (χ1) is 13.0. The molecule has 0 spiro atoms. The lowest BCUT2D eigenvalue weighted by Crippen LogP contribution is -2.49. The Kier molecular flexibility index (Phi) is 6.45. The van der Waals surface area contributed by atoms with E-state index in [0.717, 1.165) is 12.2 Å². The predicted molar refractivity (Wildman–Crippen MR) is 105 cm³/mol. The van der Waals surface area contributed by atoms with Crippen molar-refractivity contribution in [1.82, 2.24) is 15.6 Å². The van der Waals surface area contributed by atoms with Crippen LogP contribution in [0.25, 0.3) is 0 Å². The Hall–Kier alpha value is -2.41. The van der Waals surface area contributed by atoms with Crippen molar-refractivity contribution < 1.29 is 14.3 Å². The van der Waals surface area contributed by atoms with Crippen molar-refractivity contribution >= 4 is 23.2 Å². The number of carbonyl (C=O) groups is 2. The summed E-state index contributed by atoms with van der Waals surface area (Å²) in [6.07, 6.45) is 4.19. The number of hydrogen-bond donors (Lipinski definition) is 2. The van der Waals surface area contributed by atoms with Gasteiger partial charge < -0.3 is 15.4 Å². The molecule has 1 saturated carbocycles. The summed E-state index contributed by atoms with van der Waals surface area (Å²) in [7, 11) is 0. The van der Waals surface area contributed by atoms with Crippen LogP contribution in [0.4, 0.5) is 0 Å². The second kappa shape index (κ2) is 8.99. The van der Waals surface area contributed by atoms with E-state index in [4.69, 9.17) is 4.74 Å². The molecule has 0 saturated heterocycles. The van der Waals surface area contributed by atoms with E-state index in [0.29, 0.717) is 23.2 Å². The maximum Gasteiger partial charge on any atom is 0.262 e. The van der Waals surface area contributed by atoms with Gasteiger partial charge in [0, 0.05) is 18.8 Å². The van der Waals surface area contributed by atoms with Crippen LogP contribution in [0.5, 0.6) is 5.88 Å². The maximum atomic E-state index is 12.5. The number of pyridine rings is 1. The third-order valence-corrected chi connectivity index (χ3v) is 5.28. The molecule has 2 N–H and O–H groups in total. The van der Waals surface area contributed by atoms with Crippen LogP contribution in [-0.2, 0) is 11.3 Å². The molecule has 2 aromatic rings. The Balaban J connectivity index is 1.50. The first-order valence-electron chi connectivity index (χ1n) is 9.22. The van der Waals surface area contributed by atoms with Crippen LogP contribution in [0, 0.1) is 11.8 Å². The van der Waals surface area contributed by atoms with Gasteiger partial charge in [0.1, 0.15) is 6.04 Å². The molecule has 2 aromatic heterocycles. The number of ether oxygens (including phenoxy) is 1. The molecule has 1 unspecified atom stereocenters. The van der Waals surface area contributed by atoms with E-state index in [1.54, 1.807) is 12.3 Å². The van der Waals surface area contributed by atoms with E-state index in [1.165, 1.54) is 24.2 Å². The monoisotopic (exact) mass is 387 g/mol. The maximum absolute atomic E-state index is 12.5. The first-order valence-corrected chi connectivity index (χ1v) is 10.1. The topological polar surface area (TPSA) is 80.3 Å². The van der Waals surface area contributed by atoms with Gasteiger partial charge in [0.05, 0.1) is 11.5 Å². The minimum absolute atomic E-state index is 0.0229. The molecule has 1 atom stereocenters. The number of hydrogen-bond acceptors (Lipinski definition) is 5. The van der Waals surface area contributed by atoms with E-state index in [9.17, 15) is 9.59 Å². The average molecular weight is 388 g/mol. The zero-order chi connectivity index (χ0) is 19.2. The van der Waals surface area contributed by atoms with Gasteiger partial charge in [-0.2, -0.15) is 0 Å². The molecular formula is C20H25N3O3S. The van der Waals surface area contributed by atoms with Gasteiger partial charge in [0.15, 0.2) is 0 Å². The van der Waals surface area contributed by atoms with Crippen LogP contribution in [0.1, 0.15) is 41.9 Å². The second-order valence-corrected chi connectivity index (χ2v) is 8.10. The molecule has 2 heterocycles. The van der Waals surface area contributed by atoms with E-state index in [-0.39, 0.29) is 17.7 Å². The van der Waals surface area contributed by atoms with E-state index < -0.39 is 6.04 Å². The Morgan fingerprint density at radius 3 is 2.70 bits per heavy atom. The van der Waals surface area contributed by atoms with Crippen LogP contribution in [0.15, 0.2) is 35.8 Å². The molecule has 1 aliphatic rings. The molecule has 0 bridgehead atoms. The number of aromatic nitrogens is 1. The summed E-state index contributed by atoms with van der Waals surface area (Å²) < 4.78 is 5.61. The smallest absolute Gasteiger partial charge is 0.262 e. The van der Waals surface area contributed by atoms with E-state index in [1.807, 2.05) is 37.4 Å². The first kappa shape index (κ1) is 19.4. The third-order valence-electron chi connectivity index (χ3n) is 4.41. The Bertz CT molecular complexity index is 755. The molecule has 6 nitrogen and oxygen atoms in total. The summed E-state index contributed by atoms with van der Waals surface area (Å²) in [6.45, 7) is 4.90. The van der Waals surface area contributed by atoms with Crippen molar-refractivity contribution in [2.45, 2.75) is 39.3 Å². The minimum Gasteiger partial charge on any atom is -0.477 e. The fraction of sp³-hybridized carbons (Fsp3) is 0.450. The third kappa shape index (κ3) is 5.79. The molecule has 1 aliphatic carbocycles. The summed E-state index contributed by atoms with van der Waals surface area (Å²) >= 11 is 1.35. The minimum atomic E-state index is -0.589. The van der Waals surface area contributed by atoms with Crippen molar-refractivity contribution in [2.24, 2.45) is 11.8 Å². The SMILES string of the molecule is CC(C)C(NC(=O)c1cccs1)C(=O)NCc1ccc(OCC2CC2)nc1. The van der Waals surface area contributed by atoms with Crippen LogP contribution in [0.2, 0.25) is 0 Å². The zero-order valence-corrected chi connectivity index (χ0v) is 16.4. The lowest BCUT2D eigenvalue weighted by molar-refractivity contribution is -0.124. The molecule has 0 aromatic carbocycles. The molecule has 0 radical (unpaired) electrons. The van der Waals surface area contributed by atoms with Gasteiger partial charge in [-0.3, -0.25) is 9.59 Å². The van der Waals surface area contributed by atoms with Crippen LogP contribution in [0.3, 0.4) is 0 Å². The van der Waals surface area contributed by atoms with Crippen molar-refractivity contribution in [3.8, 4) is 5.88 Å². The summed E-state index contributed by atoms with van der Waals surface area (Å²) in [4.78, 5) is 29.7. The van der Waals surface area contributed by atoms with Crippen molar-refractivity contribution in [1.29, 1.82) is 0 Å². The van der Waals surface area contributed by atoms with Gasteiger partial charge in [-0.15, -0.1) is 11.3 Å². The molecule has 7 heteroatoms. The normalized spacial score (nSPS) is 14.6. The van der Waals surface area contributed by atoms with Crippen LogP contribution < -0.4 is 15.4 Å². The van der Waals surface area contributed by atoms with Gasteiger partial charge in [-0.25, -0.2) is 4.98 Å². The second-order valence-electron chi connectivity index (χ2n) is 7.15. The summed E-state index contributed by atoms with van der Waals surface area (Å²) in [5.41, 5.74) is 0.884. The van der Waals surface area contributed by atoms with E-state index in [2.05, 4.69) is 15.6 Å². The summed E-state index contributed by atoms with van der Waals surface area (Å²) in [6, 6.07) is 6.68. The molecule has 3 rings (SSSR count). The average Bonchev–Trinajstić information content (AvgIpc) is 3.33. The van der Waals surface area contributed by atoms with Gasteiger partial charge in [-0.05, 0) is 41.7 Å². The number of amides is 2. The molecule has 2 amide bonds. The standard InChI is InChI=1S/C20H25N3O3S/c1-13(2)18(23-19(24)16-4-3-9-27-16)20(25)22-11-15-7-8-17(21-10-15)26-12-14-5-6-14/h3-4,7-10,13-14,18H,5-6,11-12H2,1-2H3,(H,22,25)(H,23,24). The fourth-order valence-corrected chi connectivity index (χ4v) is 3.17. The highest BCUT2D eigenvalue weighted by Crippen LogP contribution is 2.29. The molecule has 27 heavy (non-hydrogen) atoms. The molecular weight excluding hydrogens is 362 g/mol. The number of carbonyl (C=O) groups excluding carboxylic acids is 2. The summed E-state index contributed by atoms with van der Waals surface area (Å²) in [5, 5.41) is 7.54. The number of nitrogens with zero attached hydrogens (tertiary/aromatic N) is 1. The van der Waals surface area contributed by atoms with Crippen molar-refractivity contribution in [3.05, 3.63) is 46.3 Å². The van der Waals surface area contributed by atoms with Crippen LogP contribution in [-0.4, -0.2) is 29.4 Å². The lowest BCUT2D eigenvalue weighted by atomic mass is 10.0. The van der Waals surface area contributed by atoms with Gasteiger partial charge >= 0.3 is 0 Å². The Morgan fingerprint density at radius 2 is 2.11 bits per heavy atom. The highest BCUT2D eigenvalue weighted by molar-refractivity contribution is 7.12. The largest absolute Gasteiger partial charge is 0.477 e. The molecule has 0 aliphatic heterocycles. The Labute approximate surface area is 163 Å². The quantitative estimate of drug-likeness (QED) is 0.693.